The SMILES string of the molecule is [Zr][CH]1B=NCC1. The van der Waals surface area contributed by atoms with E-state index in [1.165, 1.54) is 6.42 Å². The Morgan fingerprint density at radius 2 is 2.67 bits per heavy atom. The van der Waals surface area contributed by atoms with E-state index in [0.29, 0.717) is 0 Å². The molecule has 0 spiro atoms. The van der Waals surface area contributed by atoms with Gasteiger partial charge >= 0.3 is 53.2 Å². The maximum absolute atomic E-state index is 4.06. The number of nitrogens with zero attached hydrogens (tertiary/aromatic N) is 1. The zero-order chi connectivity index (χ0) is 4.41. The predicted molar refractivity (Wildman–Crippen MR) is 21.4 cm³/mol. The van der Waals surface area contributed by atoms with Crippen LogP contribution in [0.15, 0.2) is 4.90 Å². The topological polar surface area (TPSA) is 12.4 Å². The third-order valence-electron chi connectivity index (χ3n) is 0.855. The average Bonchev–Trinajstić information content (AvgIpc) is 1.86. The molecule has 0 N–H and O–H groups in total. The van der Waals surface area contributed by atoms with Gasteiger partial charge in [0, 0.05) is 0 Å². The summed E-state index contributed by atoms with van der Waals surface area (Å²) >= 11 is 1.62. The molecule has 0 bridgehead atoms. The van der Waals surface area contributed by atoms with E-state index in [-0.39, 0.29) is 0 Å². The summed E-state index contributed by atoms with van der Waals surface area (Å²) in [6.07, 6.45) is 1.30. The summed E-state index contributed by atoms with van der Waals surface area (Å²) in [6.45, 7) is 1.08. The molecule has 1 atom stereocenters. The summed E-state index contributed by atoms with van der Waals surface area (Å²) in [5.41, 5.74) is 0. The molecule has 0 amide bonds. The van der Waals surface area contributed by atoms with Crippen LogP contribution in [0.5, 0.6) is 0 Å². The van der Waals surface area contributed by atoms with Crippen LogP contribution in [0.4, 0.5) is 0 Å². The Kier molecular flexibility index (Phi) is 1.76. The van der Waals surface area contributed by atoms with Crippen molar-refractivity contribution in [3.63, 3.8) is 0 Å². The first kappa shape index (κ1) is 4.90. The maximum atomic E-state index is 4.06. The molecule has 0 radical (unpaired) electrons. The van der Waals surface area contributed by atoms with Crippen LogP contribution in [-0.4, -0.2) is 13.6 Å². The van der Waals surface area contributed by atoms with Crippen molar-refractivity contribution in [1.29, 1.82) is 0 Å². The molecule has 1 nitrogen and oxygen atoms in total. The fourth-order valence-corrected chi connectivity index (χ4v) is 1.07. The molecule has 3 heteroatoms. The van der Waals surface area contributed by atoms with Crippen LogP contribution in [0.25, 0.3) is 0 Å². The molecule has 0 aromatic heterocycles. The first-order valence-corrected chi connectivity index (χ1v) is 3.52. The minimum absolute atomic E-state index is 0.845. The third-order valence-corrected chi connectivity index (χ3v) is 1.93. The fraction of sp³-hybridized carbons (Fsp3) is 1.00. The minimum atomic E-state index is 0.845. The van der Waals surface area contributed by atoms with Gasteiger partial charge < -0.3 is 0 Å². The standard InChI is InChI=1S/C3H5BN.Zr/c1-2-4-5-3-1;/h2H,1,3H2;. The van der Waals surface area contributed by atoms with Gasteiger partial charge in [-0.15, -0.1) is 0 Å². The van der Waals surface area contributed by atoms with E-state index in [1.54, 1.807) is 24.7 Å². The molecule has 29 valence electrons. The molecule has 1 rings (SSSR count). The normalized spacial score (nSPS) is 30.2. The van der Waals surface area contributed by atoms with Crippen molar-refractivity contribution in [2.24, 2.45) is 4.90 Å². The molecule has 6 heavy (non-hydrogen) atoms. The monoisotopic (exact) mass is 156 g/mol. The average molecular weight is 157 g/mol. The van der Waals surface area contributed by atoms with Crippen molar-refractivity contribution >= 4 is 7.07 Å². The fourth-order valence-electron chi connectivity index (χ4n) is 0.490. The van der Waals surface area contributed by atoms with Crippen molar-refractivity contribution in [3.8, 4) is 0 Å². The summed E-state index contributed by atoms with van der Waals surface area (Å²) in [4.78, 5) is 4.06. The van der Waals surface area contributed by atoms with Crippen molar-refractivity contribution in [2.75, 3.05) is 6.54 Å². The summed E-state index contributed by atoms with van der Waals surface area (Å²) in [7, 11) is 2.07. The van der Waals surface area contributed by atoms with Crippen molar-refractivity contribution < 1.29 is 24.7 Å². The van der Waals surface area contributed by atoms with E-state index >= 15 is 0 Å². The molecule has 1 aliphatic heterocycles. The Bertz CT molecular complexity index is 73.2. The van der Waals surface area contributed by atoms with Crippen molar-refractivity contribution in [1.82, 2.24) is 0 Å². The Morgan fingerprint density at radius 3 is 2.83 bits per heavy atom. The van der Waals surface area contributed by atoms with Crippen molar-refractivity contribution in [2.45, 2.75) is 9.95 Å². The van der Waals surface area contributed by atoms with Crippen LogP contribution in [0.1, 0.15) is 6.42 Å². The molecule has 0 fully saturated rings. The second-order valence-corrected chi connectivity index (χ2v) is 3.27. The van der Waals surface area contributed by atoms with Crippen LogP contribution in [0, 0.1) is 0 Å². The van der Waals surface area contributed by atoms with Crippen LogP contribution >= 0.6 is 0 Å². The van der Waals surface area contributed by atoms with E-state index in [0.717, 1.165) is 10.1 Å². The predicted octanol–water partition coefficient (Wildman–Crippen LogP) is 0.571. The molecule has 0 saturated heterocycles. The van der Waals surface area contributed by atoms with Crippen LogP contribution in [0.3, 0.4) is 0 Å². The van der Waals surface area contributed by atoms with Gasteiger partial charge in [-0.3, -0.25) is 0 Å². The van der Waals surface area contributed by atoms with E-state index in [4.69, 9.17) is 0 Å². The summed E-state index contributed by atoms with van der Waals surface area (Å²) in [5.74, 6) is 0. The molecule has 1 unspecified atom stereocenters. The Labute approximate surface area is 53.3 Å². The third kappa shape index (κ3) is 1.11. The van der Waals surface area contributed by atoms with E-state index in [9.17, 15) is 0 Å². The molecule has 0 aliphatic carbocycles. The molecular weight excluding hydrogens is 152 g/mol. The number of hydrogen-bond donors (Lipinski definition) is 0. The summed E-state index contributed by atoms with van der Waals surface area (Å²) in [6, 6.07) is 0. The Hall–Kier alpha value is 0.748. The Balaban J connectivity index is 2.38. The number of hydrogen-bond acceptors (Lipinski definition) is 1. The van der Waals surface area contributed by atoms with Gasteiger partial charge in [0.2, 0.25) is 0 Å². The van der Waals surface area contributed by atoms with Gasteiger partial charge in [0.05, 0.1) is 0 Å². The van der Waals surface area contributed by atoms with Crippen LogP contribution in [-0.2, 0) is 24.7 Å². The quantitative estimate of drug-likeness (QED) is 0.456. The first-order valence-electron chi connectivity index (χ1n) is 2.10. The van der Waals surface area contributed by atoms with Crippen LogP contribution in [0.2, 0.25) is 3.53 Å². The van der Waals surface area contributed by atoms with Crippen LogP contribution < -0.4 is 0 Å². The summed E-state index contributed by atoms with van der Waals surface area (Å²) in [5, 5.41) is 0. The van der Waals surface area contributed by atoms with Gasteiger partial charge in [-0.2, -0.15) is 0 Å². The summed E-state index contributed by atoms with van der Waals surface area (Å²) < 4.78 is 0.845. The van der Waals surface area contributed by atoms with Gasteiger partial charge in [-0.1, -0.05) is 0 Å². The van der Waals surface area contributed by atoms with Gasteiger partial charge in [0.25, 0.3) is 0 Å². The van der Waals surface area contributed by atoms with E-state index in [1.807, 2.05) is 0 Å². The van der Waals surface area contributed by atoms with Crippen molar-refractivity contribution in [3.05, 3.63) is 0 Å². The molecule has 0 aromatic rings. The second kappa shape index (κ2) is 2.16. The zero-order valence-corrected chi connectivity index (χ0v) is 5.97. The Morgan fingerprint density at radius 1 is 1.83 bits per heavy atom. The molecule has 1 aliphatic rings. The molecule has 0 aromatic carbocycles. The van der Waals surface area contributed by atoms with Gasteiger partial charge in [0.15, 0.2) is 0 Å². The molecular formula is C3H5BNZr. The van der Waals surface area contributed by atoms with E-state index in [2.05, 4.69) is 12.0 Å². The van der Waals surface area contributed by atoms with E-state index < -0.39 is 0 Å². The second-order valence-electron chi connectivity index (χ2n) is 1.45. The number of rotatable bonds is 0. The van der Waals surface area contributed by atoms with Gasteiger partial charge in [0.1, 0.15) is 0 Å². The van der Waals surface area contributed by atoms with Gasteiger partial charge in [-0.05, 0) is 0 Å². The zero-order valence-electron chi connectivity index (χ0n) is 3.52. The molecule has 0 saturated carbocycles. The molecule has 1 heterocycles. The van der Waals surface area contributed by atoms with Gasteiger partial charge in [-0.25, -0.2) is 0 Å². The first-order chi connectivity index (χ1) is 2.89.